The van der Waals surface area contributed by atoms with Gasteiger partial charge in [0.1, 0.15) is 5.82 Å². The molecule has 3 rings (SSSR count). The van der Waals surface area contributed by atoms with Crippen LogP contribution in [-0.2, 0) is 9.47 Å². The van der Waals surface area contributed by atoms with E-state index in [-0.39, 0.29) is 0 Å². The highest BCUT2D eigenvalue weighted by Crippen LogP contribution is 2.25. The van der Waals surface area contributed by atoms with E-state index in [1.54, 1.807) is 0 Å². The average Bonchev–Trinajstić information content (AvgIpc) is 3.07. The fraction of sp³-hybridized carbons (Fsp3) is 0.733. The van der Waals surface area contributed by atoms with Crippen LogP contribution in [0, 0.1) is 0 Å². The van der Waals surface area contributed by atoms with Crippen molar-refractivity contribution in [1.29, 1.82) is 0 Å². The molecule has 0 amide bonds. The average molecular weight is 307 g/mol. The van der Waals surface area contributed by atoms with Gasteiger partial charge in [-0.3, -0.25) is 4.90 Å². The van der Waals surface area contributed by atoms with Crippen LogP contribution in [0.25, 0.3) is 0 Å². The fourth-order valence-corrected chi connectivity index (χ4v) is 2.90. The minimum atomic E-state index is 0.333. The highest BCUT2D eigenvalue weighted by molar-refractivity contribution is 5.41. The topological polar surface area (TPSA) is 85.5 Å². The summed E-state index contributed by atoms with van der Waals surface area (Å²) in [7, 11) is 0. The van der Waals surface area contributed by atoms with Gasteiger partial charge in [0.15, 0.2) is 0 Å². The molecule has 2 aliphatic heterocycles. The molecule has 0 spiro atoms. The smallest absolute Gasteiger partial charge is 0.222 e. The molecule has 0 unspecified atom stereocenters. The third-order valence-corrected chi connectivity index (χ3v) is 4.17. The molecule has 3 heterocycles. The van der Waals surface area contributed by atoms with Crippen LogP contribution >= 0.6 is 0 Å². The van der Waals surface area contributed by atoms with E-state index in [9.17, 15) is 0 Å². The van der Waals surface area contributed by atoms with Gasteiger partial charge in [0, 0.05) is 38.2 Å². The standard InChI is InChI=1S/C15H25N5O2/c16-15-18-13(12-2-7-22-11-12)10-14(19-15)17-3-1-4-20-5-8-21-9-6-20/h10,12H,1-9,11H2,(H3,16,17,18,19)/t12-/m0/s1. The Labute approximate surface area is 131 Å². The molecule has 1 aromatic rings. The van der Waals surface area contributed by atoms with Gasteiger partial charge in [-0.1, -0.05) is 0 Å². The van der Waals surface area contributed by atoms with Crippen molar-refractivity contribution in [2.45, 2.75) is 18.8 Å². The van der Waals surface area contributed by atoms with E-state index in [1.807, 2.05) is 6.07 Å². The van der Waals surface area contributed by atoms with Crippen LogP contribution in [0.3, 0.4) is 0 Å². The quantitative estimate of drug-likeness (QED) is 0.748. The first-order valence-corrected chi connectivity index (χ1v) is 8.07. The van der Waals surface area contributed by atoms with Crippen LogP contribution < -0.4 is 11.1 Å². The summed E-state index contributed by atoms with van der Waals surface area (Å²) in [5, 5.41) is 3.36. The Bertz CT molecular complexity index is 473. The van der Waals surface area contributed by atoms with Crippen molar-refractivity contribution in [3.05, 3.63) is 11.8 Å². The van der Waals surface area contributed by atoms with Crippen LogP contribution in [0.2, 0.25) is 0 Å². The Hall–Kier alpha value is -1.44. The van der Waals surface area contributed by atoms with Gasteiger partial charge in [0.2, 0.25) is 5.95 Å². The Morgan fingerprint density at radius 3 is 2.86 bits per heavy atom. The number of anilines is 2. The number of hydrogen-bond donors (Lipinski definition) is 2. The van der Waals surface area contributed by atoms with Crippen LogP contribution in [0.15, 0.2) is 6.07 Å². The zero-order chi connectivity index (χ0) is 15.2. The largest absolute Gasteiger partial charge is 0.381 e. The number of nitrogens with two attached hydrogens (primary N) is 1. The van der Waals surface area contributed by atoms with Crippen molar-refractivity contribution in [3.63, 3.8) is 0 Å². The van der Waals surface area contributed by atoms with E-state index in [0.717, 1.165) is 77.0 Å². The molecule has 2 saturated heterocycles. The second kappa shape index (κ2) is 7.71. The molecule has 0 aromatic carbocycles. The molecule has 122 valence electrons. The first-order valence-electron chi connectivity index (χ1n) is 8.07. The lowest BCUT2D eigenvalue weighted by atomic mass is 10.0. The molecular weight excluding hydrogens is 282 g/mol. The predicted octanol–water partition coefficient (Wildman–Crippen LogP) is 0.697. The maximum absolute atomic E-state index is 5.82. The normalized spacial score (nSPS) is 22.8. The molecule has 0 saturated carbocycles. The molecule has 0 bridgehead atoms. The third kappa shape index (κ3) is 4.28. The van der Waals surface area contributed by atoms with Gasteiger partial charge in [-0.2, -0.15) is 4.98 Å². The summed E-state index contributed by atoms with van der Waals surface area (Å²) in [4.78, 5) is 11.0. The number of rotatable bonds is 6. The molecule has 22 heavy (non-hydrogen) atoms. The summed E-state index contributed by atoms with van der Waals surface area (Å²) in [6, 6.07) is 2.00. The SMILES string of the molecule is Nc1nc(NCCCN2CCOCC2)cc([C@H]2CCOC2)n1. The molecule has 0 radical (unpaired) electrons. The van der Waals surface area contributed by atoms with Gasteiger partial charge >= 0.3 is 0 Å². The fourth-order valence-electron chi connectivity index (χ4n) is 2.90. The van der Waals surface area contributed by atoms with Crippen LogP contribution in [0.1, 0.15) is 24.5 Å². The minimum absolute atomic E-state index is 0.333. The number of nitrogens with zero attached hydrogens (tertiary/aromatic N) is 3. The number of ether oxygens (including phenoxy) is 2. The monoisotopic (exact) mass is 307 g/mol. The molecule has 1 aromatic heterocycles. The van der Waals surface area contributed by atoms with Gasteiger partial charge < -0.3 is 20.5 Å². The van der Waals surface area contributed by atoms with Gasteiger partial charge in [0.05, 0.1) is 25.5 Å². The van der Waals surface area contributed by atoms with Crippen molar-refractivity contribution in [2.24, 2.45) is 0 Å². The summed E-state index contributed by atoms with van der Waals surface area (Å²) < 4.78 is 10.8. The Kier molecular flexibility index (Phi) is 5.42. The lowest BCUT2D eigenvalue weighted by molar-refractivity contribution is 0.0378. The van der Waals surface area contributed by atoms with Crippen LogP contribution in [0.5, 0.6) is 0 Å². The van der Waals surface area contributed by atoms with Crippen molar-refractivity contribution in [3.8, 4) is 0 Å². The second-order valence-electron chi connectivity index (χ2n) is 5.83. The van der Waals surface area contributed by atoms with Gasteiger partial charge in [-0.25, -0.2) is 4.98 Å². The molecular formula is C15H25N5O2. The summed E-state index contributed by atoms with van der Waals surface area (Å²) in [6.45, 7) is 7.27. The zero-order valence-electron chi connectivity index (χ0n) is 13.0. The Morgan fingerprint density at radius 2 is 2.09 bits per heavy atom. The molecule has 2 fully saturated rings. The number of aromatic nitrogens is 2. The molecule has 1 atom stereocenters. The van der Waals surface area contributed by atoms with Crippen LogP contribution in [0.4, 0.5) is 11.8 Å². The van der Waals surface area contributed by atoms with E-state index in [4.69, 9.17) is 15.2 Å². The van der Waals surface area contributed by atoms with Crippen molar-refractivity contribution < 1.29 is 9.47 Å². The van der Waals surface area contributed by atoms with E-state index in [1.165, 1.54) is 0 Å². The summed E-state index contributed by atoms with van der Waals surface area (Å²) in [6.07, 6.45) is 2.08. The first-order chi connectivity index (χ1) is 10.8. The Morgan fingerprint density at radius 1 is 1.23 bits per heavy atom. The number of nitrogens with one attached hydrogen (secondary N) is 1. The highest BCUT2D eigenvalue weighted by atomic mass is 16.5. The molecule has 7 heteroatoms. The lowest BCUT2D eigenvalue weighted by Gasteiger charge is -2.26. The number of nitrogen functional groups attached to an aromatic ring is 1. The van der Waals surface area contributed by atoms with E-state index < -0.39 is 0 Å². The lowest BCUT2D eigenvalue weighted by Crippen LogP contribution is -2.37. The van der Waals surface area contributed by atoms with Gasteiger partial charge in [-0.05, 0) is 19.4 Å². The van der Waals surface area contributed by atoms with E-state index in [0.29, 0.717) is 11.9 Å². The molecule has 7 nitrogen and oxygen atoms in total. The van der Waals surface area contributed by atoms with Crippen molar-refractivity contribution in [1.82, 2.24) is 14.9 Å². The van der Waals surface area contributed by atoms with Crippen LogP contribution in [-0.4, -0.2) is 67.5 Å². The first kappa shape index (κ1) is 15.5. The number of morpholine rings is 1. The zero-order valence-corrected chi connectivity index (χ0v) is 13.0. The summed E-state index contributed by atoms with van der Waals surface area (Å²) >= 11 is 0. The van der Waals surface area contributed by atoms with Gasteiger partial charge in [0.25, 0.3) is 0 Å². The summed E-state index contributed by atoms with van der Waals surface area (Å²) in [5.41, 5.74) is 6.81. The number of hydrogen-bond acceptors (Lipinski definition) is 7. The minimum Gasteiger partial charge on any atom is -0.381 e. The summed E-state index contributed by atoms with van der Waals surface area (Å²) in [5.74, 6) is 1.50. The van der Waals surface area contributed by atoms with Crippen molar-refractivity contribution >= 4 is 11.8 Å². The molecule has 3 N–H and O–H groups in total. The van der Waals surface area contributed by atoms with Gasteiger partial charge in [-0.15, -0.1) is 0 Å². The highest BCUT2D eigenvalue weighted by Gasteiger charge is 2.20. The van der Waals surface area contributed by atoms with E-state index in [2.05, 4.69) is 20.2 Å². The maximum Gasteiger partial charge on any atom is 0.222 e. The van der Waals surface area contributed by atoms with E-state index >= 15 is 0 Å². The Balaban J connectivity index is 1.47. The molecule has 0 aliphatic carbocycles. The maximum atomic E-state index is 5.82. The molecule has 2 aliphatic rings. The third-order valence-electron chi connectivity index (χ3n) is 4.17. The predicted molar refractivity (Wildman–Crippen MR) is 85.0 cm³/mol. The second-order valence-corrected chi connectivity index (χ2v) is 5.83. The van der Waals surface area contributed by atoms with Crippen molar-refractivity contribution in [2.75, 3.05) is 63.7 Å².